The summed E-state index contributed by atoms with van der Waals surface area (Å²) in [5.41, 5.74) is 2.81. The molecule has 0 saturated carbocycles. The number of imidazole rings is 1. The maximum absolute atomic E-state index is 12.3. The summed E-state index contributed by atoms with van der Waals surface area (Å²) in [7, 11) is 3.70. The highest BCUT2D eigenvalue weighted by Gasteiger charge is 2.13. The van der Waals surface area contributed by atoms with Gasteiger partial charge in [-0.3, -0.25) is 14.5 Å². The van der Waals surface area contributed by atoms with E-state index in [0.717, 1.165) is 22.0 Å². The van der Waals surface area contributed by atoms with Gasteiger partial charge in [0.25, 0.3) is 0 Å². The van der Waals surface area contributed by atoms with Gasteiger partial charge in [0.1, 0.15) is 6.33 Å². The largest absolute Gasteiger partial charge is 0.334 e. The third kappa shape index (κ3) is 2.91. The highest BCUT2D eigenvalue weighted by atomic mass is 16.1. The zero-order valence-corrected chi connectivity index (χ0v) is 13.9. The molecule has 0 atom stereocenters. The first kappa shape index (κ1) is 15.2. The normalized spacial score (nSPS) is 11.1. The molecule has 0 bridgehead atoms. The third-order valence-corrected chi connectivity index (χ3v) is 4.08. The van der Waals surface area contributed by atoms with Gasteiger partial charge in [-0.1, -0.05) is 12.1 Å². The van der Waals surface area contributed by atoms with Gasteiger partial charge >= 0.3 is 0 Å². The Hall–Kier alpha value is -3.35. The quantitative estimate of drug-likeness (QED) is 0.535. The molecule has 0 N–H and O–H groups in total. The fourth-order valence-electron chi connectivity index (χ4n) is 2.79. The van der Waals surface area contributed by atoms with E-state index < -0.39 is 0 Å². The second-order valence-electron chi connectivity index (χ2n) is 5.97. The van der Waals surface area contributed by atoms with Crippen LogP contribution in [0.2, 0.25) is 0 Å². The van der Waals surface area contributed by atoms with Crippen LogP contribution in [-0.4, -0.2) is 35.1 Å². The third-order valence-electron chi connectivity index (χ3n) is 4.08. The molecule has 25 heavy (non-hydrogen) atoms. The molecule has 124 valence electrons. The van der Waals surface area contributed by atoms with E-state index in [2.05, 4.69) is 26.1 Å². The summed E-state index contributed by atoms with van der Waals surface area (Å²) < 4.78 is 3.49. The van der Waals surface area contributed by atoms with Crippen LogP contribution >= 0.6 is 0 Å². The fourth-order valence-corrected chi connectivity index (χ4v) is 2.79. The van der Waals surface area contributed by atoms with Crippen LogP contribution in [0.5, 0.6) is 0 Å². The number of aromatic nitrogens is 6. The lowest BCUT2D eigenvalue weighted by Gasteiger charge is -2.06. The molecule has 3 heterocycles. The van der Waals surface area contributed by atoms with Crippen molar-refractivity contribution in [2.45, 2.75) is 6.42 Å². The smallest absolute Gasteiger partial charge is 0.217 e. The Morgan fingerprint density at radius 1 is 1.04 bits per heavy atom. The molecule has 0 aliphatic heterocycles. The number of nitrogens with zero attached hydrogens (tertiary/aromatic N) is 6. The minimum absolute atomic E-state index is 0.143. The van der Waals surface area contributed by atoms with Crippen molar-refractivity contribution in [3.8, 4) is 11.3 Å². The van der Waals surface area contributed by atoms with Crippen LogP contribution in [-0.2, 0) is 20.5 Å². The molecule has 3 aromatic heterocycles. The second-order valence-corrected chi connectivity index (χ2v) is 5.97. The molecular weight excluding hydrogens is 316 g/mol. The van der Waals surface area contributed by atoms with Crippen LogP contribution < -0.4 is 0 Å². The molecule has 0 unspecified atom stereocenters. The maximum Gasteiger partial charge on any atom is 0.217 e. The molecule has 0 aliphatic rings. The molecule has 7 nitrogen and oxygen atoms in total. The number of rotatable bonds is 4. The maximum atomic E-state index is 12.3. The van der Waals surface area contributed by atoms with Crippen LogP contribution in [0.15, 0.2) is 49.3 Å². The van der Waals surface area contributed by atoms with Crippen molar-refractivity contribution in [1.82, 2.24) is 29.3 Å². The van der Waals surface area contributed by atoms with Crippen molar-refractivity contribution < 1.29 is 4.79 Å². The Kier molecular flexibility index (Phi) is 3.61. The van der Waals surface area contributed by atoms with E-state index >= 15 is 0 Å². The average Bonchev–Trinajstić information content (AvgIpc) is 3.22. The van der Waals surface area contributed by atoms with E-state index in [0.29, 0.717) is 5.69 Å². The number of carbonyl (C=O) groups excluding carboxylic acids is 1. The standard InChI is InChI=1S/C18H16N6O/c1-23-10-19-9-16(23)12-3-4-13-8-20-15(6-14(13)5-12)7-17(25)18-21-11-24(2)22-18/h3-6,8-11H,7H2,1-2H3. The number of aryl methyl sites for hydroxylation is 2. The van der Waals surface area contributed by atoms with Gasteiger partial charge in [-0.15, -0.1) is 5.10 Å². The summed E-state index contributed by atoms with van der Waals surface area (Å²) in [6, 6.07) is 8.09. The Balaban J connectivity index is 1.67. The molecule has 4 aromatic rings. The van der Waals surface area contributed by atoms with Crippen LogP contribution in [0.3, 0.4) is 0 Å². The minimum atomic E-state index is -0.143. The van der Waals surface area contributed by atoms with Gasteiger partial charge in [0.2, 0.25) is 11.6 Å². The summed E-state index contributed by atoms with van der Waals surface area (Å²) in [5.74, 6) is 0.0725. The molecule has 4 rings (SSSR count). The first-order chi connectivity index (χ1) is 12.1. The molecule has 0 saturated heterocycles. The number of pyridine rings is 1. The van der Waals surface area contributed by atoms with Gasteiger partial charge < -0.3 is 4.57 Å². The van der Waals surface area contributed by atoms with Gasteiger partial charge in [-0.25, -0.2) is 9.97 Å². The van der Waals surface area contributed by atoms with Crippen LogP contribution in [0, 0.1) is 0 Å². The zero-order chi connectivity index (χ0) is 17.4. The predicted octanol–water partition coefficient (Wildman–Crippen LogP) is 2.19. The van der Waals surface area contributed by atoms with Crippen molar-refractivity contribution in [2.75, 3.05) is 0 Å². The first-order valence-corrected chi connectivity index (χ1v) is 7.84. The molecular formula is C18H16N6O. The van der Waals surface area contributed by atoms with Crippen LogP contribution in [0.25, 0.3) is 22.0 Å². The molecule has 1 aromatic carbocycles. The Morgan fingerprint density at radius 2 is 1.92 bits per heavy atom. The summed E-state index contributed by atoms with van der Waals surface area (Å²) in [4.78, 5) is 24.8. The molecule has 0 fully saturated rings. The van der Waals surface area contributed by atoms with E-state index in [9.17, 15) is 4.79 Å². The molecule has 0 radical (unpaired) electrons. The highest BCUT2D eigenvalue weighted by molar-refractivity contribution is 5.94. The van der Waals surface area contributed by atoms with Crippen molar-refractivity contribution in [3.63, 3.8) is 0 Å². The molecule has 0 spiro atoms. The number of hydrogen-bond acceptors (Lipinski definition) is 5. The van der Waals surface area contributed by atoms with E-state index in [-0.39, 0.29) is 18.0 Å². The number of benzene rings is 1. The topological polar surface area (TPSA) is 78.5 Å². The van der Waals surface area contributed by atoms with Crippen molar-refractivity contribution in [3.05, 3.63) is 60.8 Å². The minimum Gasteiger partial charge on any atom is -0.334 e. The molecule has 0 amide bonds. The van der Waals surface area contributed by atoms with E-state index in [1.165, 1.54) is 11.0 Å². The Bertz CT molecular complexity index is 1080. The SMILES string of the molecule is Cn1cnc(C(=O)Cc2cc3cc(-c4cncn4C)ccc3cn2)n1. The predicted molar refractivity (Wildman–Crippen MR) is 93.0 cm³/mol. The highest BCUT2D eigenvalue weighted by Crippen LogP contribution is 2.24. The second kappa shape index (κ2) is 5.94. The lowest BCUT2D eigenvalue weighted by Crippen LogP contribution is -2.08. The van der Waals surface area contributed by atoms with Crippen LogP contribution in [0.1, 0.15) is 16.3 Å². The number of Topliss-reactive ketones (excluding diaryl/α,β-unsaturated/α-hetero) is 1. The number of ketones is 1. The van der Waals surface area contributed by atoms with Gasteiger partial charge in [-0.05, 0) is 17.5 Å². The summed E-state index contributed by atoms with van der Waals surface area (Å²) in [6.07, 6.45) is 7.09. The number of fused-ring (bicyclic) bond motifs is 1. The monoisotopic (exact) mass is 332 g/mol. The van der Waals surface area contributed by atoms with Crippen molar-refractivity contribution >= 4 is 16.6 Å². The number of hydrogen-bond donors (Lipinski definition) is 0. The fraction of sp³-hybridized carbons (Fsp3) is 0.167. The van der Waals surface area contributed by atoms with Gasteiger partial charge in [0.05, 0.1) is 24.6 Å². The Labute approximate surface area is 144 Å². The van der Waals surface area contributed by atoms with E-state index in [4.69, 9.17) is 0 Å². The lowest BCUT2D eigenvalue weighted by molar-refractivity contribution is 0.0982. The van der Waals surface area contributed by atoms with Gasteiger partial charge in [0.15, 0.2) is 0 Å². The van der Waals surface area contributed by atoms with E-state index in [1.54, 1.807) is 19.6 Å². The van der Waals surface area contributed by atoms with Crippen molar-refractivity contribution in [1.29, 1.82) is 0 Å². The lowest BCUT2D eigenvalue weighted by atomic mass is 10.0. The van der Waals surface area contributed by atoms with Crippen molar-refractivity contribution in [2.24, 2.45) is 14.1 Å². The zero-order valence-electron chi connectivity index (χ0n) is 13.9. The first-order valence-electron chi connectivity index (χ1n) is 7.84. The van der Waals surface area contributed by atoms with Gasteiger partial charge in [-0.2, -0.15) is 0 Å². The molecule has 0 aliphatic carbocycles. The number of carbonyl (C=O) groups is 1. The summed E-state index contributed by atoms with van der Waals surface area (Å²) >= 11 is 0. The summed E-state index contributed by atoms with van der Waals surface area (Å²) in [6.45, 7) is 0. The average molecular weight is 332 g/mol. The van der Waals surface area contributed by atoms with Gasteiger partial charge in [0, 0.05) is 36.9 Å². The summed E-state index contributed by atoms with van der Waals surface area (Å²) in [5, 5.41) is 6.10. The Morgan fingerprint density at radius 3 is 2.64 bits per heavy atom. The molecule has 7 heteroatoms. The van der Waals surface area contributed by atoms with Crippen LogP contribution in [0.4, 0.5) is 0 Å². The van der Waals surface area contributed by atoms with E-state index in [1.807, 2.05) is 36.0 Å².